The highest BCUT2D eigenvalue weighted by Crippen LogP contribution is 2.36. The van der Waals surface area contributed by atoms with Gasteiger partial charge in [-0.3, -0.25) is 14.5 Å². The SMILES string of the molecule is CCN1CCc2c(cc(C=O)c(=O)n2C2CC2)C1. The summed E-state index contributed by atoms with van der Waals surface area (Å²) in [5, 5.41) is 0. The number of fused-ring (bicyclic) bond motifs is 1. The molecule has 0 spiro atoms. The first kappa shape index (κ1) is 11.7. The van der Waals surface area contributed by atoms with Crippen molar-refractivity contribution in [1.82, 2.24) is 9.47 Å². The summed E-state index contributed by atoms with van der Waals surface area (Å²) in [6.45, 7) is 5.02. The monoisotopic (exact) mass is 246 g/mol. The number of aromatic nitrogens is 1. The lowest BCUT2D eigenvalue weighted by Crippen LogP contribution is -2.36. The number of nitrogens with zero attached hydrogens (tertiary/aromatic N) is 2. The van der Waals surface area contributed by atoms with Crippen molar-refractivity contribution in [2.45, 2.75) is 38.8 Å². The number of likely N-dealkylation sites (N-methyl/N-ethyl adjacent to an activating group) is 1. The normalized spacial score (nSPS) is 19.6. The van der Waals surface area contributed by atoms with Gasteiger partial charge < -0.3 is 4.57 Å². The molecule has 18 heavy (non-hydrogen) atoms. The van der Waals surface area contributed by atoms with Crippen molar-refractivity contribution >= 4 is 6.29 Å². The van der Waals surface area contributed by atoms with E-state index in [2.05, 4.69) is 11.8 Å². The fourth-order valence-corrected chi connectivity index (χ4v) is 2.82. The van der Waals surface area contributed by atoms with E-state index in [0.29, 0.717) is 17.9 Å². The molecular weight excluding hydrogens is 228 g/mol. The quantitative estimate of drug-likeness (QED) is 0.757. The van der Waals surface area contributed by atoms with Gasteiger partial charge in [0.2, 0.25) is 0 Å². The number of hydrogen-bond donors (Lipinski definition) is 0. The van der Waals surface area contributed by atoms with Crippen LogP contribution in [0.25, 0.3) is 0 Å². The minimum absolute atomic E-state index is 0.0869. The van der Waals surface area contributed by atoms with Gasteiger partial charge in [0.05, 0.1) is 5.56 Å². The van der Waals surface area contributed by atoms with Crippen molar-refractivity contribution < 1.29 is 4.79 Å². The Balaban J connectivity index is 2.13. The number of rotatable bonds is 3. The number of hydrogen-bond acceptors (Lipinski definition) is 3. The first-order chi connectivity index (χ1) is 8.74. The first-order valence-corrected chi connectivity index (χ1v) is 6.69. The van der Waals surface area contributed by atoms with Crippen LogP contribution in [0.5, 0.6) is 0 Å². The van der Waals surface area contributed by atoms with Crippen molar-refractivity contribution in [1.29, 1.82) is 0 Å². The van der Waals surface area contributed by atoms with Crippen LogP contribution in [0.4, 0.5) is 0 Å². The zero-order valence-electron chi connectivity index (χ0n) is 10.7. The summed E-state index contributed by atoms with van der Waals surface area (Å²) >= 11 is 0. The van der Waals surface area contributed by atoms with Gasteiger partial charge in [0.15, 0.2) is 6.29 Å². The zero-order valence-corrected chi connectivity index (χ0v) is 10.7. The number of carbonyl (C=O) groups is 1. The van der Waals surface area contributed by atoms with E-state index in [1.54, 1.807) is 6.07 Å². The van der Waals surface area contributed by atoms with Gasteiger partial charge in [-0.05, 0) is 31.0 Å². The van der Waals surface area contributed by atoms with Crippen LogP contribution < -0.4 is 5.56 Å². The Bertz CT molecular complexity index is 543. The van der Waals surface area contributed by atoms with Crippen molar-refractivity contribution in [2.24, 2.45) is 0 Å². The Kier molecular flexibility index (Phi) is 2.82. The van der Waals surface area contributed by atoms with Crippen LogP contribution in [0, 0.1) is 0 Å². The molecule has 2 heterocycles. The van der Waals surface area contributed by atoms with Gasteiger partial charge in [0, 0.05) is 31.2 Å². The number of carbonyl (C=O) groups excluding carboxylic acids is 1. The van der Waals surface area contributed by atoms with Crippen molar-refractivity contribution in [3.05, 3.63) is 33.2 Å². The molecule has 4 heteroatoms. The van der Waals surface area contributed by atoms with E-state index < -0.39 is 0 Å². The van der Waals surface area contributed by atoms with E-state index in [-0.39, 0.29) is 5.56 Å². The predicted octanol–water partition coefficient (Wildman–Crippen LogP) is 1.37. The maximum absolute atomic E-state index is 12.2. The Hall–Kier alpha value is -1.42. The molecule has 96 valence electrons. The Morgan fingerprint density at radius 2 is 2.22 bits per heavy atom. The molecule has 0 unspecified atom stereocenters. The molecule has 0 N–H and O–H groups in total. The largest absolute Gasteiger partial charge is 0.309 e. The molecule has 0 bridgehead atoms. The minimum atomic E-state index is -0.0869. The highest BCUT2D eigenvalue weighted by molar-refractivity contribution is 5.74. The van der Waals surface area contributed by atoms with Crippen LogP contribution in [0.15, 0.2) is 10.9 Å². The molecule has 0 atom stereocenters. The molecule has 1 aliphatic carbocycles. The van der Waals surface area contributed by atoms with Crippen molar-refractivity contribution in [3.8, 4) is 0 Å². The lowest BCUT2D eigenvalue weighted by atomic mass is 10.0. The Morgan fingerprint density at radius 3 is 2.83 bits per heavy atom. The van der Waals surface area contributed by atoms with Crippen LogP contribution in [0.2, 0.25) is 0 Å². The smallest absolute Gasteiger partial charge is 0.261 e. The molecule has 4 nitrogen and oxygen atoms in total. The molecule has 0 aromatic carbocycles. The lowest BCUT2D eigenvalue weighted by Gasteiger charge is -2.29. The van der Waals surface area contributed by atoms with Gasteiger partial charge in [-0.1, -0.05) is 6.92 Å². The van der Waals surface area contributed by atoms with Crippen molar-refractivity contribution in [2.75, 3.05) is 13.1 Å². The Morgan fingerprint density at radius 1 is 1.44 bits per heavy atom. The summed E-state index contributed by atoms with van der Waals surface area (Å²) in [7, 11) is 0. The third kappa shape index (κ3) is 1.81. The zero-order chi connectivity index (χ0) is 12.7. The maximum atomic E-state index is 12.2. The molecule has 1 aromatic rings. The van der Waals surface area contributed by atoms with E-state index in [4.69, 9.17) is 0 Å². The Labute approximate surface area is 106 Å². The van der Waals surface area contributed by atoms with E-state index in [9.17, 15) is 9.59 Å². The highest BCUT2D eigenvalue weighted by atomic mass is 16.1. The minimum Gasteiger partial charge on any atom is -0.309 e. The van der Waals surface area contributed by atoms with Crippen LogP contribution in [0.1, 0.15) is 47.4 Å². The molecule has 1 aliphatic heterocycles. The highest BCUT2D eigenvalue weighted by Gasteiger charge is 2.30. The van der Waals surface area contributed by atoms with Crippen LogP contribution in [-0.2, 0) is 13.0 Å². The van der Waals surface area contributed by atoms with Gasteiger partial charge in [-0.2, -0.15) is 0 Å². The van der Waals surface area contributed by atoms with E-state index >= 15 is 0 Å². The molecule has 3 rings (SSSR count). The second kappa shape index (κ2) is 4.35. The third-order valence-corrected chi connectivity index (χ3v) is 4.00. The van der Waals surface area contributed by atoms with Crippen molar-refractivity contribution in [3.63, 3.8) is 0 Å². The molecule has 0 amide bonds. The molecule has 1 fully saturated rings. The van der Waals surface area contributed by atoms with Crippen LogP contribution >= 0.6 is 0 Å². The molecule has 0 radical (unpaired) electrons. The maximum Gasteiger partial charge on any atom is 0.261 e. The fourth-order valence-electron chi connectivity index (χ4n) is 2.82. The number of aldehydes is 1. The third-order valence-electron chi connectivity index (χ3n) is 4.00. The van der Waals surface area contributed by atoms with Gasteiger partial charge >= 0.3 is 0 Å². The predicted molar refractivity (Wildman–Crippen MR) is 69.0 cm³/mol. The summed E-state index contributed by atoms with van der Waals surface area (Å²) in [5.41, 5.74) is 2.56. The lowest BCUT2D eigenvalue weighted by molar-refractivity contribution is 0.112. The van der Waals surface area contributed by atoms with Gasteiger partial charge in [0.1, 0.15) is 0 Å². The molecule has 0 saturated heterocycles. The average Bonchev–Trinajstić information content (AvgIpc) is 3.21. The van der Waals surface area contributed by atoms with E-state index in [1.807, 2.05) is 4.57 Å². The van der Waals surface area contributed by atoms with Gasteiger partial charge in [-0.15, -0.1) is 0 Å². The number of pyridine rings is 1. The average molecular weight is 246 g/mol. The molecule has 1 saturated carbocycles. The topological polar surface area (TPSA) is 42.3 Å². The summed E-state index contributed by atoms with van der Waals surface area (Å²) in [5.74, 6) is 0. The standard InChI is InChI=1S/C14H18N2O2/c1-2-15-6-5-13-10(8-15)7-11(9-17)14(18)16(13)12-3-4-12/h7,9,12H,2-6,8H2,1H3. The second-order valence-corrected chi connectivity index (χ2v) is 5.21. The van der Waals surface area contributed by atoms with E-state index in [0.717, 1.165) is 50.2 Å². The fraction of sp³-hybridized carbons (Fsp3) is 0.571. The molecule has 2 aliphatic rings. The second-order valence-electron chi connectivity index (χ2n) is 5.21. The van der Waals surface area contributed by atoms with E-state index in [1.165, 1.54) is 0 Å². The molecular formula is C14H18N2O2. The summed E-state index contributed by atoms with van der Waals surface area (Å²) < 4.78 is 1.89. The summed E-state index contributed by atoms with van der Waals surface area (Å²) in [6, 6.07) is 2.14. The molecule has 1 aromatic heterocycles. The summed E-state index contributed by atoms with van der Waals surface area (Å²) in [4.78, 5) is 25.6. The van der Waals surface area contributed by atoms with Crippen LogP contribution in [-0.4, -0.2) is 28.8 Å². The van der Waals surface area contributed by atoms with Gasteiger partial charge in [0.25, 0.3) is 5.56 Å². The first-order valence-electron chi connectivity index (χ1n) is 6.69. The van der Waals surface area contributed by atoms with Crippen LogP contribution in [0.3, 0.4) is 0 Å². The summed E-state index contributed by atoms with van der Waals surface area (Å²) in [6.07, 6.45) is 3.78. The van der Waals surface area contributed by atoms with Gasteiger partial charge in [-0.25, -0.2) is 0 Å².